The Balaban J connectivity index is 1.37. The van der Waals surface area contributed by atoms with Crippen LogP contribution in [-0.2, 0) is 4.79 Å². The maximum absolute atomic E-state index is 15.6. The lowest BCUT2D eigenvalue weighted by atomic mass is 9.92. The Bertz CT molecular complexity index is 1620. The molecule has 0 unspecified atom stereocenters. The van der Waals surface area contributed by atoms with Crippen molar-refractivity contribution in [2.75, 3.05) is 43.6 Å². The molecule has 13 heteroatoms. The van der Waals surface area contributed by atoms with Crippen molar-refractivity contribution in [3.05, 3.63) is 76.9 Å². The van der Waals surface area contributed by atoms with Gasteiger partial charge in [0.1, 0.15) is 40.8 Å². The van der Waals surface area contributed by atoms with Crippen molar-refractivity contribution in [2.24, 2.45) is 0 Å². The number of rotatable bonds is 9. The van der Waals surface area contributed by atoms with Crippen LogP contribution < -0.4 is 24.6 Å². The number of hydrogen-bond acceptors (Lipinski definition) is 7. The van der Waals surface area contributed by atoms with Crippen LogP contribution >= 0.6 is 0 Å². The van der Waals surface area contributed by atoms with Crippen molar-refractivity contribution in [3.8, 4) is 11.5 Å². The summed E-state index contributed by atoms with van der Waals surface area (Å²) in [5.41, 5.74) is 0.552. The van der Waals surface area contributed by atoms with Gasteiger partial charge in [0.05, 0.1) is 7.11 Å². The van der Waals surface area contributed by atoms with Crippen LogP contribution in [0.3, 0.4) is 0 Å². The monoisotopic (exact) mass is 655 g/mol. The first-order valence-electron chi connectivity index (χ1n) is 15.6. The van der Waals surface area contributed by atoms with E-state index in [0.29, 0.717) is 11.6 Å². The third-order valence-electron chi connectivity index (χ3n) is 9.45. The number of pyridine rings is 1. The Hall–Kier alpha value is -4.39. The van der Waals surface area contributed by atoms with Gasteiger partial charge in [0.2, 0.25) is 0 Å². The number of nitrogens with zero attached hydrogens (tertiary/aromatic N) is 4. The molecule has 0 spiro atoms. The number of ether oxygens (including phenoxy) is 2. The molecule has 2 saturated heterocycles. The van der Waals surface area contributed by atoms with Crippen LogP contribution in [0.15, 0.2) is 48.5 Å². The molecule has 1 saturated carbocycles. The molecule has 0 radical (unpaired) electrons. The molecule has 3 fully saturated rings. The van der Waals surface area contributed by atoms with E-state index in [1.54, 1.807) is 0 Å². The zero-order valence-electron chi connectivity index (χ0n) is 26.6. The highest BCUT2D eigenvalue weighted by atomic mass is 19.3. The van der Waals surface area contributed by atoms with Gasteiger partial charge in [0, 0.05) is 60.9 Å². The molecule has 3 aliphatic rings. The van der Waals surface area contributed by atoms with Crippen molar-refractivity contribution >= 4 is 23.5 Å². The molecular weight excluding hydrogens is 618 g/mol. The highest BCUT2D eigenvalue weighted by molar-refractivity contribution is 6.05. The minimum Gasteiger partial charge on any atom is -0.497 e. The van der Waals surface area contributed by atoms with E-state index in [2.05, 4.69) is 40.7 Å². The molecule has 1 N–H and O–H groups in total. The van der Waals surface area contributed by atoms with Gasteiger partial charge in [-0.25, -0.2) is 13.8 Å². The van der Waals surface area contributed by atoms with Gasteiger partial charge in [-0.1, -0.05) is 6.07 Å². The molecule has 3 aromatic rings. The van der Waals surface area contributed by atoms with E-state index in [0.717, 1.165) is 43.6 Å². The van der Waals surface area contributed by atoms with Gasteiger partial charge >= 0.3 is 6.61 Å². The molecular formula is C34H37F4N5O4. The van der Waals surface area contributed by atoms with Crippen molar-refractivity contribution in [2.45, 2.75) is 63.3 Å². The number of carbonyl (C=O) groups is 2. The molecule has 2 amide bonds. The zero-order valence-corrected chi connectivity index (χ0v) is 26.6. The second-order valence-corrected chi connectivity index (χ2v) is 12.5. The number of amides is 2. The van der Waals surface area contributed by atoms with Crippen molar-refractivity contribution in [3.63, 3.8) is 0 Å². The number of hydrogen-bond donors (Lipinski definition) is 1. The van der Waals surface area contributed by atoms with Gasteiger partial charge < -0.3 is 19.7 Å². The highest BCUT2D eigenvalue weighted by Gasteiger charge is 2.47. The van der Waals surface area contributed by atoms with Gasteiger partial charge in [-0.2, -0.15) is 8.78 Å². The van der Waals surface area contributed by atoms with Crippen LogP contribution in [0.4, 0.5) is 29.2 Å². The van der Waals surface area contributed by atoms with Gasteiger partial charge in [-0.3, -0.25) is 19.4 Å². The summed E-state index contributed by atoms with van der Waals surface area (Å²) in [4.78, 5) is 38.6. The molecule has 47 heavy (non-hydrogen) atoms. The van der Waals surface area contributed by atoms with Crippen molar-refractivity contribution in [1.82, 2.24) is 15.2 Å². The smallest absolute Gasteiger partial charge is 0.387 e. The first kappa shape index (κ1) is 32.5. The Morgan fingerprint density at radius 3 is 2.17 bits per heavy atom. The molecule has 3 heterocycles. The standard InChI is InChI=1S/C34H37F4N5O4/c1-18-15-42(16-19(2)41(18)3)28-12-11-24(20-5-6-20)31(39-28)43-17-25(29-26(35)13-23(46-4)14-27(29)36)30(33(43)45)40-32(44)21-7-9-22(10-8-21)47-34(37)38/h7-14,18-20,25,30,34H,5-6,15-17H2,1-4H3,(H,40,44)/t18-,19+,25-,30-/m0/s1. The molecule has 2 aromatic carbocycles. The fourth-order valence-electron chi connectivity index (χ4n) is 6.53. The number of alkyl halides is 2. The van der Waals surface area contributed by atoms with E-state index < -0.39 is 42.0 Å². The minimum absolute atomic E-state index is 0.0300. The predicted molar refractivity (Wildman–Crippen MR) is 167 cm³/mol. The van der Waals surface area contributed by atoms with Gasteiger partial charge in [-0.05, 0) is 75.5 Å². The Morgan fingerprint density at radius 2 is 1.60 bits per heavy atom. The van der Waals surface area contributed by atoms with E-state index in [4.69, 9.17) is 9.72 Å². The average molecular weight is 656 g/mol. The van der Waals surface area contributed by atoms with Crippen LogP contribution in [0.25, 0.3) is 0 Å². The summed E-state index contributed by atoms with van der Waals surface area (Å²) in [6, 6.07) is 10.1. The summed E-state index contributed by atoms with van der Waals surface area (Å²) in [6.45, 7) is 2.56. The van der Waals surface area contributed by atoms with Crippen LogP contribution in [0.1, 0.15) is 60.0 Å². The average Bonchev–Trinajstić information content (AvgIpc) is 3.84. The maximum atomic E-state index is 15.6. The number of carbonyl (C=O) groups excluding carboxylic acids is 2. The number of benzene rings is 2. The molecule has 250 valence electrons. The Kier molecular flexibility index (Phi) is 9.01. The topological polar surface area (TPSA) is 87.2 Å². The van der Waals surface area contributed by atoms with Crippen LogP contribution in [0.5, 0.6) is 11.5 Å². The summed E-state index contributed by atoms with van der Waals surface area (Å²) in [5.74, 6) is -3.13. The van der Waals surface area contributed by atoms with E-state index in [-0.39, 0.29) is 47.2 Å². The fraction of sp³-hybridized carbons (Fsp3) is 0.441. The lowest BCUT2D eigenvalue weighted by Crippen LogP contribution is -2.55. The van der Waals surface area contributed by atoms with Crippen molar-refractivity contribution in [1.29, 1.82) is 0 Å². The van der Waals surface area contributed by atoms with Gasteiger partial charge in [0.25, 0.3) is 11.8 Å². The van der Waals surface area contributed by atoms with Crippen LogP contribution in [0.2, 0.25) is 0 Å². The normalized spacial score (nSPS) is 23.4. The number of piperazine rings is 1. The van der Waals surface area contributed by atoms with E-state index in [1.165, 1.54) is 36.3 Å². The van der Waals surface area contributed by atoms with Crippen LogP contribution in [0, 0.1) is 11.6 Å². The number of halogens is 4. The largest absolute Gasteiger partial charge is 0.497 e. The molecule has 4 atom stereocenters. The molecule has 2 aliphatic heterocycles. The predicted octanol–water partition coefficient (Wildman–Crippen LogP) is 5.31. The van der Waals surface area contributed by atoms with Gasteiger partial charge in [-0.15, -0.1) is 0 Å². The quantitative estimate of drug-likeness (QED) is 0.313. The van der Waals surface area contributed by atoms with E-state index >= 15 is 8.78 Å². The number of nitrogens with one attached hydrogen (secondary N) is 1. The number of likely N-dealkylation sites (N-methyl/N-ethyl adjacent to an activating group) is 1. The third kappa shape index (κ3) is 6.58. The molecule has 1 aliphatic carbocycles. The van der Waals surface area contributed by atoms with Crippen LogP contribution in [-0.4, -0.2) is 80.2 Å². The third-order valence-corrected chi connectivity index (χ3v) is 9.45. The summed E-state index contributed by atoms with van der Waals surface area (Å²) in [6.07, 6.45) is 1.85. The van der Waals surface area contributed by atoms with Crippen molar-refractivity contribution < 1.29 is 36.6 Å². The summed E-state index contributed by atoms with van der Waals surface area (Å²) < 4.78 is 65.7. The SMILES string of the molecule is COc1cc(F)c([C@@H]2CN(c3nc(N4C[C@@H](C)N(C)[C@@H](C)C4)ccc3C3CC3)C(=O)[C@H]2NC(=O)c2ccc(OC(F)F)cc2)c(F)c1. The first-order chi connectivity index (χ1) is 22.4. The molecule has 6 rings (SSSR count). The number of methoxy groups -OCH3 is 1. The fourth-order valence-corrected chi connectivity index (χ4v) is 6.53. The lowest BCUT2D eigenvalue weighted by Gasteiger charge is -2.43. The Labute approximate surface area is 270 Å². The second-order valence-electron chi connectivity index (χ2n) is 12.5. The summed E-state index contributed by atoms with van der Waals surface area (Å²) in [5, 5.41) is 2.67. The number of aromatic nitrogens is 1. The van der Waals surface area contributed by atoms with E-state index in [1.807, 2.05) is 12.1 Å². The maximum Gasteiger partial charge on any atom is 0.387 e. The number of anilines is 2. The zero-order chi connectivity index (χ0) is 33.6. The molecule has 0 bridgehead atoms. The second kappa shape index (κ2) is 13.0. The summed E-state index contributed by atoms with van der Waals surface area (Å²) in [7, 11) is 3.37. The van der Waals surface area contributed by atoms with E-state index in [9.17, 15) is 18.4 Å². The minimum atomic E-state index is -3.04. The highest BCUT2D eigenvalue weighted by Crippen LogP contribution is 2.46. The molecule has 1 aromatic heterocycles. The lowest BCUT2D eigenvalue weighted by molar-refractivity contribution is -0.118. The summed E-state index contributed by atoms with van der Waals surface area (Å²) >= 11 is 0. The van der Waals surface area contributed by atoms with Gasteiger partial charge in [0.15, 0.2) is 0 Å². The molecule has 9 nitrogen and oxygen atoms in total. The first-order valence-corrected chi connectivity index (χ1v) is 15.6. The Morgan fingerprint density at radius 1 is 0.957 bits per heavy atom.